The van der Waals surface area contributed by atoms with Crippen molar-refractivity contribution in [2.24, 2.45) is 17.3 Å². The molecular formula is C18H34O2. The first-order chi connectivity index (χ1) is 9.00. The second kappa shape index (κ2) is 7.28. The maximum absolute atomic E-state index is 11.9. The van der Waals surface area contributed by atoms with E-state index in [1.54, 1.807) is 6.92 Å². The fourth-order valence-corrected chi connectivity index (χ4v) is 2.69. The normalized spacial score (nSPS) is 16.6. The Labute approximate surface area is 126 Å². The van der Waals surface area contributed by atoms with E-state index in [1.807, 2.05) is 13.8 Å². The van der Waals surface area contributed by atoms with Gasteiger partial charge in [0.1, 0.15) is 5.60 Å². The van der Waals surface area contributed by atoms with Crippen LogP contribution >= 0.6 is 0 Å². The molecule has 0 aromatic rings. The van der Waals surface area contributed by atoms with Crippen LogP contribution in [0, 0.1) is 17.3 Å². The zero-order valence-corrected chi connectivity index (χ0v) is 14.8. The highest BCUT2D eigenvalue weighted by molar-refractivity contribution is 5.87. The number of hydrogen-bond donors (Lipinski definition) is 0. The standard InChI is InChI=1S/C18H34O2/c1-10-15(13(3)4)12-18(9,11-2)17(7,8)20-16(19)14(5)6/h13,15H,5,10-12H2,1-4,6-9H3. The predicted molar refractivity (Wildman–Crippen MR) is 86.6 cm³/mol. The van der Waals surface area contributed by atoms with E-state index in [9.17, 15) is 4.79 Å². The van der Waals surface area contributed by atoms with Crippen molar-refractivity contribution in [3.05, 3.63) is 12.2 Å². The lowest BCUT2D eigenvalue weighted by Gasteiger charge is -2.45. The van der Waals surface area contributed by atoms with E-state index in [-0.39, 0.29) is 11.4 Å². The van der Waals surface area contributed by atoms with Crippen molar-refractivity contribution >= 4 is 5.97 Å². The lowest BCUT2D eigenvalue weighted by atomic mass is 9.66. The second-order valence-electron chi connectivity index (χ2n) is 7.21. The topological polar surface area (TPSA) is 26.3 Å². The number of carbonyl (C=O) groups is 1. The molecule has 2 unspecified atom stereocenters. The zero-order valence-electron chi connectivity index (χ0n) is 14.8. The Bertz CT molecular complexity index is 341. The molecule has 0 saturated heterocycles. The Kier molecular flexibility index (Phi) is 7.00. The number of hydrogen-bond acceptors (Lipinski definition) is 2. The number of carbonyl (C=O) groups excluding carboxylic acids is 1. The van der Waals surface area contributed by atoms with E-state index in [2.05, 4.69) is 41.2 Å². The van der Waals surface area contributed by atoms with Crippen molar-refractivity contribution in [2.75, 3.05) is 0 Å². The Morgan fingerprint density at radius 1 is 1.20 bits per heavy atom. The van der Waals surface area contributed by atoms with Gasteiger partial charge in [0.25, 0.3) is 0 Å². The molecule has 0 aromatic carbocycles. The molecule has 20 heavy (non-hydrogen) atoms. The third kappa shape index (κ3) is 4.64. The lowest BCUT2D eigenvalue weighted by Crippen LogP contribution is -2.46. The van der Waals surface area contributed by atoms with Gasteiger partial charge < -0.3 is 4.74 Å². The maximum Gasteiger partial charge on any atom is 0.333 e. The first-order valence-corrected chi connectivity index (χ1v) is 7.89. The SMILES string of the molecule is C=C(C)C(=O)OC(C)(C)C(C)(CC)CC(CC)C(C)C. The molecule has 0 fully saturated rings. The molecule has 2 nitrogen and oxygen atoms in total. The highest BCUT2D eigenvalue weighted by Gasteiger charge is 2.44. The molecule has 0 aromatic heterocycles. The van der Waals surface area contributed by atoms with E-state index in [4.69, 9.17) is 4.74 Å². The minimum atomic E-state index is -0.486. The smallest absolute Gasteiger partial charge is 0.333 e. The number of rotatable bonds is 8. The summed E-state index contributed by atoms with van der Waals surface area (Å²) < 4.78 is 5.74. The quantitative estimate of drug-likeness (QED) is 0.442. The molecule has 0 aliphatic heterocycles. The van der Waals surface area contributed by atoms with Crippen LogP contribution in [0.2, 0.25) is 0 Å². The van der Waals surface area contributed by atoms with Gasteiger partial charge in [0.05, 0.1) is 0 Å². The lowest BCUT2D eigenvalue weighted by molar-refractivity contribution is -0.167. The minimum Gasteiger partial charge on any atom is -0.456 e. The Balaban J connectivity index is 5.18. The van der Waals surface area contributed by atoms with Gasteiger partial charge in [-0.2, -0.15) is 0 Å². The highest BCUT2D eigenvalue weighted by atomic mass is 16.6. The van der Waals surface area contributed by atoms with Crippen LogP contribution in [0.5, 0.6) is 0 Å². The van der Waals surface area contributed by atoms with Crippen LogP contribution in [0.4, 0.5) is 0 Å². The van der Waals surface area contributed by atoms with Crippen LogP contribution < -0.4 is 0 Å². The first kappa shape index (κ1) is 19.2. The van der Waals surface area contributed by atoms with Crippen molar-refractivity contribution in [1.29, 1.82) is 0 Å². The minimum absolute atomic E-state index is 0.0247. The van der Waals surface area contributed by atoms with Crippen LogP contribution in [0.1, 0.15) is 74.7 Å². The van der Waals surface area contributed by atoms with Crippen LogP contribution in [-0.4, -0.2) is 11.6 Å². The first-order valence-electron chi connectivity index (χ1n) is 7.89. The summed E-state index contributed by atoms with van der Waals surface area (Å²) in [7, 11) is 0. The van der Waals surface area contributed by atoms with Crippen molar-refractivity contribution < 1.29 is 9.53 Å². The molecule has 2 atom stereocenters. The van der Waals surface area contributed by atoms with E-state index >= 15 is 0 Å². The molecule has 118 valence electrons. The molecule has 0 amide bonds. The Morgan fingerprint density at radius 2 is 1.70 bits per heavy atom. The average molecular weight is 282 g/mol. The third-order valence-electron chi connectivity index (χ3n) is 5.11. The van der Waals surface area contributed by atoms with Gasteiger partial charge in [-0.05, 0) is 45.4 Å². The monoisotopic (exact) mass is 282 g/mol. The summed E-state index contributed by atoms with van der Waals surface area (Å²) >= 11 is 0. The Morgan fingerprint density at radius 3 is 2.00 bits per heavy atom. The van der Waals surface area contributed by atoms with Crippen LogP contribution in [0.15, 0.2) is 12.2 Å². The summed E-state index contributed by atoms with van der Waals surface area (Å²) in [5.41, 5.74) is -0.0456. The van der Waals surface area contributed by atoms with Crippen LogP contribution in [0.3, 0.4) is 0 Å². The van der Waals surface area contributed by atoms with Gasteiger partial charge in [0.2, 0.25) is 0 Å². The van der Waals surface area contributed by atoms with Gasteiger partial charge in [-0.15, -0.1) is 0 Å². The largest absolute Gasteiger partial charge is 0.456 e. The predicted octanol–water partition coefficient (Wildman–Crippen LogP) is 5.37. The fraction of sp³-hybridized carbons (Fsp3) is 0.833. The molecule has 0 saturated carbocycles. The Hall–Kier alpha value is -0.790. The van der Waals surface area contributed by atoms with Crippen molar-refractivity contribution in [2.45, 2.75) is 80.3 Å². The molecule has 0 aliphatic rings. The van der Waals surface area contributed by atoms with Crippen molar-refractivity contribution in [3.63, 3.8) is 0 Å². The van der Waals surface area contributed by atoms with Crippen molar-refractivity contribution in [3.8, 4) is 0 Å². The van der Waals surface area contributed by atoms with Gasteiger partial charge in [-0.25, -0.2) is 4.79 Å². The molecular weight excluding hydrogens is 248 g/mol. The summed E-state index contributed by atoms with van der Waals surface area (Å²) in [6.45, 7) is 20.7. The molecule has 0 radical (unpaired) electrons. The summed E-state index contributed by atoms with van der Waals surface area (Å²) in [5, 5.41) is 0. The maximum atomic E-state index is 11.9. The molecule has 0 spiro atoms. The molecule has 0 aliphatic carbocycles. The molecule has 0 heterocycles. The van der Waals surface area contributed by atoms with Gasteiger partial charge in [0.15, 0.2) is 0 Å². The van der Waals surface area contributed by atoms with Gasteiger partial charge in [-0.3, -0.25) is 0 Å². The molecule has 0 bridgehead atoms. The van der Waals surface area contributed by atoms with Crippen molar-refractivity contribution in [1.82, 2.24) is 0 Å². The molecule has 2 heteroatoms. The number of ether oxygens (including phenoxy) is 1. The van der Waals surface area contributed by atoms with Gasteiger partial charge in [-0.1, -0.05) is 47.6 Å². The number of esters is 1. The van der Waals surface area contributed by atoms with Gasteiger partial charge in [0, 0.05) is 11.0 Å². The van der Waals surface area contributed by atoms with E-state index in [1.165, 1.54) is 0 Å². The fourth-order valence-electron chi connectivity index (χ4n) is 2.69. The third-order valence-corrected chi connectivity index (χ3v) is 5.11. The average Bonchev–Trinajstić information content (AvgIpc) is 2.34. The van der Waals surface area contributed by atoms with Gasteiger partial charge >= 0.3 is 5.97 Å². The van der Waals surface area contributed by atoms with Crippen LogP contribution in [-0.2, 0) is 9.53 Å². The second-order valence-corrected chi connectivity index (χ2v) is 7.21. The highest BCUT2D eigenvalue weighted by Crippen LogP contribution is 2.45. The van der Waals surface area contributed by atoms with E-state index in [0.717, 1.165) is 19.3 Å². The summed E-state index contributed by atoms with van der Waals surface area (Å²) in [4.78, 5) is 11.9. The summed E-state index contributed by atoms with van der Waals surface area (Å²) in [5.74, 6) is 1.02. The molecule has 0 N–H and O–H groups in total. The van der Waals surface area contributed by atoms with E-state index in [0.29, 0.717) is 17.4 Å². The zero-order chi connectivity index (χ0) is 16.1. The van der Waals surface area contributed by atoms with E-state index < -0.39 is 5.60 Å². The molecule has 0 rings (SSSR count). The summed E-state index contributed by atoms with van der Waals surface area (Å²) in [6, 6.07) is 0. The van der Waals surface area contributed by atoms with Crippen LogP contribution in [0.25, 0.3) is 0 Å². The summed E-state index contributed by atoms with van der Waals surface area (Å²) in [6.07, 6.45) is 3.23.